The van der Waals surface area contributed by atoms with Gasteiger partial charge in [-0.1, -0.05) is 19.9 Å². The van der Waals surface area contributed by atoms with Gasteiger partial charge in [-0.25, -0.2) is 0 Å². The van der Waals surface area contributed by atoms with Crippen LogP contribution in [0.15, 0.2) is 34.1 Å². The zero-order valence-corrected chi connectivity index (χ0v) is 13.3. The summed E-state index contributed by atoms with van der Waals surface area (Å²) in [5.41, 5.74) is 2.69. The molecule has 0 aliphatic carbocycles. The first-order chi connectivity index (χ1) is 8.56. The van der Waals surface area contributed by atoms with Crippen molar-refractivity contribution in [2.45, 2.75) is 33.3 Å². The Morgan fingerprint density at radius 2 is 2.06 bits per heavy atom. The molecule has 18 heavy (non-hydrogen) atoms. The third kappa shape index (κ3) is 3.36. The highest BCUT2D eigenvalue weighted by Gasteiger charge is 2.05. The van der Waals surface area contributed by atoms with Gasteiger partial charge in [0.05, 0.1) is 0 Å². The van der Waals surface area contributed by atoms with Crippen LogP contribution >= 0.6 is 27.3 Å². The largest absolute Gasteiger partial charge is 0.488 e. The molecule has 0 radical (unpaired) electrons. The van der Waals surface area contributed by atoms with Crippen LogP contribution in [0.3, 0.4) is 0 Å². The minimum atomic E-state index is 0.562. The molecule has 2 aromatic rings. The molecule has 0 aliphatic heterocycles. The summed E-state index contributed by atoms with van der Waals surface area (Å²) in [7, 11) is 0. The quantitative estimate of drug-likeness (QED) is 0.719. The fourth-order valence-corrected chi connectivity index (χ4v) is 3.33. The molecule has 0 spiro atoms. The Labute approximate surface area is 121 Å². The third-order valence-corrected chi connectivity index (χ3v) is 4.54. The first-order valence-corrected chi connectivity index (χ1v) is 7.70. The lowest BCUT2D eigenvalue weighted by atomic mass is 9.98. The van der Waals surface area contributed by atoms with E-state index in [9.17, 15) is 0 Å². The Bertz CT molecular complexity index is 531. The van der Waals surface area contributed by atoms with Crippen molar-refractivity contribution in [3.05, 3.63) is 50.1 Å². The predicted octanol–water partition coefficient (Wildman–Crippen LogP) is 5.52. The lowest BCUT2D eigenvalue weighted by molar-refractivity contribution is 0.309. The van der Waals surface area contributed by atoms with Gasteiger partial charge >= 0.3 is 0 Å². The van der Waals surface area contributed by atoms with Crippen LogP contribution in [0, 0.1) is 6.92 Å². The van der Waals surface area contributed by atoms with Gasteiger partial charge in [-0.15, -0.1) is 11.3 Å². The highest BCUT2D eigenvalue weighted by Crippen LogP contribution is 2.25. The first-order valence-electron chi connectivity index (χ1n) is 6.02. The normalized spacial score (nSPS) is 10.9. The van der Waals surface area contributed by atoms with E-state index in [1.807, 2.05) is 0 Å². The van der Waals surface area contributed by atoms with Gasteiger partial charge in [0.2, 0.25) is 0 Å². The van der Waals surface area contributed by atoms with Gasteiger partial charge in [0, 0.05) is 14.7 Å². The molecule has 0 saturated heterocycles. The number of aryl methyl sites for hydroxylation is 1. The minimum absolute atomic E-state index is 0.562. The van der Waals surface area contributed by atoms with E-state index in [0.29, 0.717) is 12.5 Å². The molecule has 2 rings (SSSR count). The first kappa shape index (κ1) is 13.6. The Morgan fingerprint density at radius 3 is 2.61 bits per heavy atom. The van der Waals surface area contributed by atoms with Crippen molar-refractivity contribution in [2.24, 2.45) is 0 Å². The van der Waals surface area contributed by atoms with Crippen LogP contribution in [0.1, 0.15) is 35.8 Å². The van der Waals surface area contributed by atoms with Crippen molar-refractivity contribution in [1.82, 2.24) is 0 Å². The fraction of sp³-hybridized carbons (Fsp3) is 0.333. The zero-order valence-electron chi connectivity index (χ0n) is 10.9. The van der Waals surface area contributed by atoms with E-state index in [-0.39, 0.29) is 0 Å². The maximum atomic E-state index is 5.81. The predicted molar refractivity (Wildman–Crippen MR) is 81.6 cm³/mol. The van der Waals surface area contributed by atoms with Gasteiger partial charge in [0.1, 0.15) is 12.4 Å². The van der Waals surface area contributed by atoms with Gasteiger partial charge in [-0.2, -0.15) is 0 Å². The van der Waals surface area contributed by atoms with Crippen LogP contribution in [0.4, 0.5) is 0 Å². The summed E-state index contributed by atoms with van der Waals surface area (Å²) in [5.74, 6) is 1.51. The van der Waals surface area contributed by atoms with Crippen molar-refractivity contribution in [3.63, 3.8) is 0 Å². The summed E-state index contributed by atoms with van der Waals surface area (Å²) < 4.78 is 6.93. The smallest absolute Gasteiger partial charge is 0.122 e. The molecule has 0 N–H and O–H groups in total. The Morgan fingerprint density at radius 1 is 1.28 bits per heavy atom. The fourth-order valence-electron chi connectivity index (χ4n) is 1.97. The monoisotopic (exact) mass is 324 g/mol. The van der Waals surface area contributed by atoms with Crippen LogP contribution in [0.5, 0.6) is 5.75 Å². The zero-order chi connectivity index (χ0) is 13.1. The Kier molecular flexibility index (Phi) is 4.46. The molecule has 0 bridgehead atoms. The molecule has 0 atom stereocenters. The molecule has 1 aromatic carbocycles. The number of benzene rings is 1. The van der Waals surface area contributed by atoms with Crippen molar-refractivity contribution in [2.75, 3.05) is 0 Å². The summed E-state index contributed by atoms with van der Waals surface area (Å²) >= 11 is 5.16. The van der Waals surface area contributed by atoms with Gasteiger partial charge < -0.3 is 4.74 Å². The molecule has 0 amide bonds. The van der Waals surface area contributed by atoms with E-state index in [4.69, 9.17) is 4.74 Å². The second-order valence-corrected chi connectivity index (χ2v) is 6.60. The van der Waals surface area contributed by atoms with E-state index < -0.39 is 0 Å². The summed E-state index contributed by atoms with van der Waals surface area (Å²) in [6.45, 7) is 7.21. The molecule has 0 aliphatic rings. The average molecular weight is 325 g/mol. The Hall–Kier alpha value is -0.800. The molecule has 0 fully saturated rings. The summed E-state index contributed by atoms with van der Waals surface area (Å²) in [6, 6.07) is 8.45. The molecular formula is C15H17BrOS. The van der Waals surface area contributed by atoms with Crippen LogP contribution in [-0.2, 0) is 6.61 Å². The SMILES string of the molecule is Cc1cc(OCc2cc(Br)cs2)ccc1C(C)C. The Balaban J connectivity index is 2.04. The maximum absolute atomic E-state index is 5.81. The molecule has 1 aromatic heterocycles. The van der Waals surface area contributed by atoms with E-state index in [0.717, 1.165) is 10.2 Å². The van der Waals surface area contributed by atoms with Crippen LogP contribution < -0.4 is 4.74 Å². The van der Waals surface area contributed by atoms with Crippen LogP contribution in [-0.4, -0.2) is 0 Å². The highest BCUT2D eigenvalue weighted by atomic mass is 79.9. The molecule has 1 nitrogen and oxygen atoms in total. The van der Waals surface area contributed by atoms with E-state index >= 15 is 0 Å². The van der Waals surface area contributed by atoms with Gasteiger partial charge in [-0.3, -0.25) is 0 Å². The van der Waals surface area contributed by atoms with Gasteiger partial charge in [0.25, 0.3) is 0 Å². The summed E-state index contributed by atoms with van der Waals surface area (Å²) in [5, 5.41) is 2.08. The maximum Gasteiger partial charge on any atom is 0.122 e. The lowest BCUT2D eigenvalue weighted by Crippen LogP contribution is -1.96. The minimum Gasteiger partial charge on any atom is -0.488 e. The van der Waals surface area contributed by atoms with Crippen molar-refractivity contribution in [3.8, 4) is 5.75 Å². The number of ether oxygens (including phenoxy) is 1. The number of halogens is 1. The van der Waals surface area contributed by atoms with Crippen molar-refractivity contribution >= 4 is 27.3 Å². The van der Waals surface area contributed by atoms with Gasteiger partial charge in [-0.05, 0) is 58.1 Å². The molecule has 0 saturated carbocycles. The highest BCUT2D eigenvalue weighted by molar-refractivity contribution is 9.10. The van der Waals surface area contributed by atoms with Crippen LogP contribution in [0.25, 0.3) is 0 Å². The van der Waals surface area contributed by atoms with E-state index in [2.05, 4.69) is 66.3 Å². The standard InChI is InChI=1S/C15H17BrOS/c1-10(2)15-5-4-13(6-11(15)3)17-8-14-7-12(16)9-18-14/h4-7,9-10H,8H2,1-3H3. The molecule has 1 heterocycles. The molecule has 0 unspecified atom stereocenters. The van der Waals surface area contributed by atoms with E-state index in [1.54, 1.807) is 11.3 Å². The number of thiophene rings is 1. The molecular weight excluding hydrogens is 308 g/mol. The topological polar surface area (TPSA) is 9.23 Å². The summed E-state index contributed by atoms with van der Waals surface area (Å²) in [4.78, 5) is 1.23. The van der Waals surface area contributed by atoms with E-state index in [1.165, 1.54) is 16.0 Å². The second kappa shape index (κ2) is 5.89. The lowest BCUT2D eigenvalue weighted by Gasteiger charge is -2.12. The summed E-state index contributed by atoms with van der Waals surface area (Å²) in [6.07, 6.45) is 0. The molecule has 3 heteroatoms. The van der Waals surface area contributed by atoms with Gasteiger partial charge in [0.15, 0.2) is 0 Å². The molecule has 96 valence electrons. The second-order valence-electron chi connectivity index (χ2n) is 4.69. The van der Waals surface area contributed by atoms with Crippen molar-refractivity contribution < 1.29 is 4.74 Å². The number of rotatable bonds is 4. The number of hydrogen-bond acceptors (Lipinski definition) is 2. The van der Waals surface area contributed by atoms with Crippen molar-refractivity contribution in [1.29, 1.82) is 0 Å². The number of hydrogen-bond donors (Lipinski definition) is 0. The van der Waals surface area contributed by atoms with Crippen LogP contribution in [0.2, 0.25) is 0 Å². The average Bonchev–Trinajstić information content (AvgIpc) is 2.72. The third-order valence-electron chi connectivity index (χ3n) is 2.87.